The summed E-state index contributed by atoms with van der Waals surface area (Å²) in [5.74, 6) is -0.128. The molecule has 108 valence electrons. The van der Waals surface area contributed by atoms with Crippen molar-refractivity contribution in [3.05, 3.63) is 34.5 Å². The van der Waals surface area contributed by atoms with Crippen LogP contribution in [0.5, 0.6) is 0 Å². The highest BCUT2D eigenvalue weighted by Gasteiger charge is 2.15. The highest BCUT2D eigenvalue weighted by Crippen LogP contribution is 2.34. The first-order valence-corrected chi connectivity index (χ1v) is 9.11. The smallest absolute Gasteiger partial charge is 0.238 e. The summed E-state index contributed by atoms with van der Waals surface area (Å²) in [6.45, 7) is 5.83. The molecule has 0 radical (unpaired) electrons. The van der Waals surface area contributed by atoms with E-state index in [-0.39, 0.29) is 5.75 Å². The number of aromatic nitrogens is 1. The lowest BCUT2D eigenvalue weighted by atomic mass is 10.3. The molecule has 0 unspecified atom stereocenters. The van der Waals surface area contributed by atoms with E-state index in [4.69, 9.17) is 5.73 Å². The van der Waals surface area contributed by atoms with Gasteiger partial charge in [0, 0.05) is 16.3 Å². The van der Waals surface area contributed by atoms with Gasteiger partial charge in [-0.25, -0.2) is 13.4 Å². The number of hydrogen-bond acceptors (Lipinski definition) is 6. The minimum absolute atomic E-state index is 0.128. The molecule has 2 rings (SSSR count). The average Bonchev–Trinajstić information content (AvgIpc) is 2.94. The van der Waals surface area contributed by atoms with Crippen molar-refractivity contribution in [3.8, 4) is 10.6 Å². The normalized spacial score (nSPS) is 11.5. The van der Waals surface area contributed by atoms with Crippen LogP contribution in [0.25, 0.3) is 10.6 Å². The van der Waals surface area contributed by atoms with E-state index in [1.807, 2.05) is 19.1 Å². The molecular weight excluding hydrogens is 314 g/mol. The summed E-state index contributed by atoms with van der Waals surface area (Å²) in [7, 11) is -3.41. The Labute approximate surface area is 126 Å². The lowest BCUT2D eigenvalue weighted by molar-refractivity contribution is 0.604. The molecule has 0 spiro atoms. The van der Waals surface area contributed by atoms with Gasteiger partial charge in [-0.3, -0.25) is 4.72 Å². The van der Waals surface area contributed by atoms with Crippen molar-refractivity contribution >= 4 is 37.8 Å². The SMILES string of the molecule is C=CCS(=O)(=O)Nc1nc(-c2ccc(CN)s2)c(C)s1. The molecule has 20 heavy (non-hydrogen) atoms. The minimum Gasteiger partial charge on any atom is -0.326 e. The van der Waals surface area contributed by atoms with Crippen molar-refractivity contribution in [3.63, 3.8) is 0 Å². The zero-order valence-electron chi connectivity index (χ0n) is 10.9. The average molecular weight is 329 g/mol. The number of rotatable bonds is 6. The van der Waals surface area contributed by atoms with Gasteiger partial charge in [0.1, 0.15) is 0 Å². The molecular formula is C12H15N3O2S3. The first-order chi connectivity index (χ1) is 9.45. The summed E-state index contributed by atoms with van der Waals surface area (Å²) in [5.41, 5.74) is 6.39. The zero-order valence-corrected chi connectivity index (χ0v) is 13.4. The second kappa shape index (κ2) is 6.04. The van der Waals surface area contributed by atoms with E-state index in [1.54, 1.807) is 11.3 Å². The third-order valence-corrected chi connectivity index (χ3v) is 5.78. The van der Waals surface area contributed by atoms with Crippen LogP contribution in [0, 0.1) is 6.92 Å². The van der Waals surface area contributed by atoms with Crippen LogP contribution in [0.15, 0.2) is 24.8 Å². The monoisotopic (exact) mass is 329 g/mol. The fourth-order valence-corrected chi connectivity index (χ4v) is 4.54. The van der Waals surface area contributed by atoms with Crippen molar-refractivity contribution in [1.82, 2.24) is 4.98 Å². The molecule has 0 amide bonds. The maximum absolute atomic E-state index is 11.7. The number of nitrogens with one attached hydrogen (secondary N) is 1. The van der Waals surface area contributed by atoms with E-state index in [0.717, 1.165) is 20.3 Å². The van der Waals surface area contributed by atoms with Crippen molar-refractivity contribution < 1.29 is 8.42 Å². The van der Waals surface area contributed by atoms with Crippen LogP contribution in [0.3, 0.4) is 0 Å². The molecule has 3 N–H and O–H groups in total. The van der Waals surface area contributed by atoms with Crippen molar-refractivity contribution in [2.45, 2.75) is 13.5 Å². The predicted molar refractivity (Wildman–Crippen MR) is 85.7 cm³/mol. The molecule has 0 fully saturated rings. The number of anilines is 1. The first kappa shape index (κ1) is 15.2. The maximum atomic E-state index is 11.7. The van der Waals surface area contributed by atoms with Gasteiger partial charge in [0.2, 0.25) is 10.0 Å². The fourth-order valence-electron chi connectivity index (χ4n) is 1.61. The summed E-state index contributed by atoms with van der Waals surface area (Å²) in [6, 6.07) is 3.91. The summed E-state index contributed by atoms with van der Waals surface area (Å²) < 4.78 is 25.8. The van der Waals surface area contributed by atoms with Gasteiger partial charge in [-0.05, 0) is 19.1 Å². The summed E-state index contributed by atoms with van der Waals surface area (Å²) in [5, 5.41) is 0.377. The molecule has 2 aromatic heterocycles. The maximum Gasteiger partial charge on any atom is 0.238 e. The Morgan fingerprint density at radius 2 is 2.20 bits per heavy atom. The largest absolute Gasteiger partial charge is 0.326 e. The van der Waals surface area contributed by atoms with Crippen molar-refractivity contribution in [2.24, 2.45) is 5.73 Å². The number of nitrogens with two attached hydrogens (primary N) is 1. The molecule has 0 saturated heterocycles. The Morgan fingerprint density at radius 3 is 2.80 bits per heavy atom. The zero-order chi connectivity index (χ0) is 14.8. The predicted octanol–water partition coefficient (Wildman–Crippen LogP) is 2.57. The van der Waals surface area contributed by atoms with E-state index in [0.29, 0.717) is 11.7 Å². The molecule has 2 heterocycles. The van der Waals surface area contributed by atoms with Crippen molar-refractivity contribution in [1.29, 1.82) is 0 Å². The van der Waals surface area contributed by atoms with Gasteiger partial charge in [0.25, 0.3) is 0 Å². The molecule has 8 heteroatoms. The third kappa shape index (κ3) is 3.45. The Bertz CT molecular complexity index is 716. The van der Waals surface area contributed by atoms with Gasteiger partial charge in [-0.1, -0.05) is 6.08 Å². The molecule has 2 aromatic rings. The van der Waals surface area contributed by atoms with Gasteiger partial charge < -0.3 is 5.73 Å². The molecule has 0 aliphatic carbocycles. The molecule has 0 aromatic carbocycles. The lowest BCUT2D eigenvalue weighted by Gasteiger charge is -2.00. The third-order valence-electron chi connectivity index (χ3n) is 2.47. The Hall–Kier alpha value is -1.22. The summed E-state index contributed by atoms with van der Waals surface area (Å²) >= 11 is 2.89. The van der Waals surface area contributed by atoms with Gasteiger partial charge in [0.05, 0.1) is 16.3 Å². The number of thiophene rings is 1. The first-order valence-electron chi connectivity index (χ1n) is 5.83. The van der Waals surface area contributed by atoms with E-state index in [9.17, 15) is 8.42 Å². The summed E-state index contributed by atoms with van der Waals surface area (Å²) in [4.78, 5) is 7.39. The lowest BCUT2D eigenvalue weighted by Crippen LogP contribution is -2.14. The molecule has 0 bridgehead atoms. The quantitative estimate of drug-likeness (QED) is 0.798. The number of sulfonamides is 1. The second-order valence-corrected chi connectivity index (χ2v) is 8.20. The summed E-state index contributed by atoms with van der Waals surface area (Å²) in [6.07, 6.45) is 1.34. The minimum atomic E-state index is -3.41. The number of thiazole rings is 1. The van der Waals surface area contributed by atoms with E-state index in [2.05, 4.69) is 16.3 Å². The second-order valence-electron chi connectivity index (χ2n) is 4.07. The Kier molecular flexibility index (Phi) is 4.59. The van der Waals surface area contributed by atoms with E-state index >= 15 is 0 Å². The van der Waals surface area contributed by atoms with Gasteiger partial charge >= 0.3 is 0 Å². The molecule has 0 saturated carbocycles. The van der Waals surface area contributed by atoms with Crippen LogP contribution < -0.4 is 10.5 Å². The molecule has 0 atom stereocenters. The molecule has 0 aliphatic rings. The van der Waals surface area contributed by atoms with Crippen LogP contribution in [-0.4, -0.2) is 19.2 Å². The fraction of sp³-hybridized carbons (Fsp3) is 0.250. The topological polar surface area (TPSA) is 85.1 Å². The highest BCUT2D eigenvalue weighted by molar-refractivity contribution is 7.93. The van der Waals surface area contributed by atoms with Gasteiger partial charge in [-0.2, -0.15) is 0 Å². The van der Waals surface area contributed by atoms with Gasteiger partial charge in [0.15, 0.2) is 5.13 Å². The molecule has 5 nitrogen and oxygen atoms in total. The van der Waals surface area contributed by atoms with Crippen LogP contribution >= 0.6 is 22.7 Å². The van der Waals surface area contributed by atoms with Crippen LogP contribution in [0.4, 0.5) is 5.13 Å². The van der Waals surface area contributed by atoms with E-state index in [1.165, 1.54) is 17.4 Å². The number of nitrogens with zero attached hydrogens (tertiary/aromatic N) is 1. The Morgan fingerprint density at radius 1 is 1.45 bits per heavy atom. The number of aryl methyl sites for hydroxylation is 1. The van der Waals surface area contributed by atoms with Crippen LogP contribution in [0.1, 0.15) is 9.75 Å². The van der Waals surface area contributed by atoms with Crippen LogP contribution in [0.2, 0.25) is 0 Å². The highest BCUT2D eigenvalue weighted by atomic mass is 32.2. The standard InChI is InChI=1S/C12H15N3O2S3/c1-3-6-20(16,17)15-12-14-11(8(2)18-12)10-5-4-9(7-13)19-10/h3-5H,1,6-7,13H2,2H3,(H,14,15). The van der Waals surface area contributed by atoms with Crippen molar-refractivity contribution in [2.75, 3.05) is 10.5 Å². The van der Waals surface area contributed by atoms with Crippen LogP contribution in [-0.2, 0) is 16.6 Å². The van der Waals surface area contributed by atoms with Gasteiger partial charge in [-0.15, -0.1) is 29.3 Å². The Balaban J connectivity index is 2.28. The van der Waals surface area contributed by atoms with E-state index < -0.39 is 10.0 Å². The number of hydrogen-bond donors (Lipinski definition) is 2. The molecule has 0 aliphatic heterocycles.